The molecule has 1 atom stereocenters. The largest absolute Gasteiger partial charge is 0.424 e. The summed E-state index contributed by atoms with van der Waals surface area (Å²) in [6.07, 6.45) is 0.764. The fraction of sp³-hybridized carbons (Fsp3) is 0.667. The van der Waals surface area contributed by atoms with Crippen LogP contribution >= 0.6 is 0 Å². The highest BCUT2D eigenvalue weighted by Crippen LogP contribution is 2.06. The lowest BCUT2D eigenvalue weighted by atomic mass is 10.4. The summed E-state index contributed by atoms with van der Waals surface area (Å²) in [5.41, 5.74) is 5.49. The van der Waals surface area contributed by atoms with Gasteiger partial charge < -0.3 is 10.2 Å². The quantitative estimate of drug-likeness (QED) is 0.656. The first-order valence-electron chi connectivity index (χ1n) is 3.32. The van der Waals surface area contributed by atoms with E-state index in [1.165, 1.54) is 0 Å². The molecule has 0 fully saturated rings. The Kier molecular flexibility index (Phi) is 2.01. The smallest absolute Gasteiger partial charge is 0.232 e. The molecule has 0 bridgehead atoms. The molecule has 0 saturated heterocycles. The minimum absolute atomic E-state index is 0.159. The van der Waals surface area contributed by atoms with E-state index in [1.807, 2.05) is 13.8 Å². The van der Waals surface area contributed by atoms with E-state index in [9.17, 15) is 0 Å². The standard InChI is InChI=1S/C6H11N3O/c1-3-5-8-9-6(10-5)4(2)7/h4H,3,7H2,1-2H3/t4-/m0/s1. The minimum Gasteiger partial charge on any atom is -0.424 e. The van der Waals surface area contributed by atoms with Crippen LogP contribution in [0.5, 0.6) is 0 Å². The predicted molar refractivity (Wildman–Crippen MR) is 36.3 cm³/mol. The molecular formula is C6H11N3O. The number of aryl methyl sites for hydroxylation is 1. The van der Waals surface area contributed by atoms with E-state index in [0.29, 0.717) is 11.8 Å². The van der Waals surface area contributed by atoms with Crippen LogP contribution < -0.4 is 5.73 Å². The monoisotopic (exact) mass is 141 g/mol. The SMILES string of the molecule is CCc1nnc([C@H](C)N)o1. The van der Waals surface area contributed by atoms with Crippen molar-refractivity contribution in [3.05, 3.63) is 11.8 Å². The van der Waals surface area contributed by atoms with Crippen LogP contribution in [0, 0.1) is 0 Å². The zero-order valence-electron chi connectivity index (χ0n) is 6.16. The van der Waals surface area contributed by atoms with Gasteiger partial charge in [0.25, 0.3) is 0 Å². The summed E-state index contributed by atoms with van der Waals surface area (Å²) in [6.45, 7) is 3.77. The molecule has 1 aromatic heterocycles. The van der Waals surface area contributed by atoms with Crippen molar-refractivity contribution in [1.29, 1.82) is 0 Å². The van der Waals surface area contributed by atoms with Gasteiger partial charge in [-0.3, -0.25) is 0 Å². The number of nitrogens with zero attached hydrogens (tertiary/aromatic N) is 2. The number of hydrogen-bond acceptors (Lipinski definition) is 4. The first-order chi connectivity index (χ1) is 4.74. The van der Waals surface area contributed by atoms with Crippen LogP contribution in [0.2, 0.25) is 0 Å². The van der Waals surface area contributed by atoms with E-state index >= 15 is 0 Å². The fourth-order valence-electron chi connectivity index (χ4n) is 0.593. The normalized spacial score (nSPS) is 13.5. The van der Waals surface area contributed by atoms with Gasteiger partial charge >= 0.3 is 0 Å². The third-order valence-electron chi connectivity index (χ3n) is 1.17. The highest BCUT2D eigenvalue weighted by atomic mass is 16.4. The molecule has 0 aliphatic heterocycles. The average molecular weight is 141 g/mol. The first-order valence-corrected chi connectivity index (χ1v) is 3.32. The van der Waals surface area contributed by atoms with Crippen molar-refractivity contribution in [1.82, 2.24) is 10.2 Å². The van der Waals surface area contributed by atoms with Crippen LogP contribution in [0.25, 0.3) is 0 Å². The summed E-state index contributed by atoms with van der Waals surface area (Å²) >= 11 is 0. The lowest BCUT2D eigenvalue weighted by Crippen LogP contribution is -2.04. The van der Waals surface area contributed by atoms with Gasteiger partial charge in [-0.25, -0.2) is 0 Å². The highest BCUT2D eigenvalue weighted by molar-refractivity contribution is 4.85. The van der Waals surface area contributed by atoms with Gasteiger partial charge in [0.15, 0.2) is 0 Å². The molecule has 56 valence electrons. The Labute approximate surface area is 59.4 Å². The van der Waals surface area contributed by atoms with Crippen LogP contribution in [-0.4, -0.2) is 10.2 Å². The Bertz CT molecular complexity index is 207. The van der Waals surface area contributed by atoms with Gasteiger partial charge in [-0.05, 0) is 6.92 Å². The molecule has 4 nitrogen and oxygen atoms in total. The Morgan fingerprint density at radius 3 is 2.60 bits per heavy atom. The number of nitrogens with two attached hydrogens (primary N) is 1. The van der Waals surface area contributed by atoms with Crippen LogP contribution in [0.15, 0.2) is 4.42 Å². The zero-order chi connectivity index (χ0) is 7.56. The topological polar surface area (TPSA) is 64.9 Å². The summed E-state index contributed by atoms with van der Waals surface area (Å²) < 4.78 is 5.15. The number of rotatable bonds is 2. The summed E-state index contributed by atoms with van der Waals surface area (Å²) in [4.78, 5) is 0. The Hall–Kier alpha value is -0.900. The van der Waals surface area contributed by atoms with Gasteiger partial charge in [0, 0.05) is 6.42 Å². The Morgan fingerprint density at radius 2 is 2.30 bits per heavy atom. The molecule has 0 radical (unpaired) electrons. The highest BCUT2D eigenvalue weighted by Gasteiger charge is 2.07. The third-order valence-corrected chi connectivity index (χ3v) is 1.17. The number of aromatic nitrogens is 2. The van der Waals surface area contributed by atoms with Gasteiger partial charge in [0.05, 0.1) is 6.04 Å². The van der Waals surface area contributed by atoms with E-state index in [0.717, 1.165) is 6.42 Å². The second kappa shape index (κ2) is 2.79. The van der Waals surface area contributed by atoms with Crippen molar-refractivity contribution in [3.8, 4) is 0 Å². The maximum absolute atomic E-state index is 5.49. The molecule has 10 heavy (non-hydrogen) atoms. The van der Waals surface area contributed by atoms with Crippen LogP contribution in [0.3, 0.4) is 0 Å². The van der Waals surface area contributed by atoms with Crippen molar-refractivity contribution in [3.63, 3.8) is 0 Å². The summed E-state index contributed by atoms with van der Waals surface area (Å²) in [5.74, 6) is 1.16. The molecule has 0 aromatic carbocycles. The van der Waals surface area contributed by atoms with Gasteiger partial charge in [-0.15, -0.1) is 10.2 Å². The third kappa shape index (κ3) is 1.33. The molecule has 1 aromatic rings. The lowest BCUT2D eigenvalue weighted by molar-refractivity contribution is 0.430. The molecule has 0 aliphatic carbocycles. The van der Waals surface area contributed by atoms with E-state index in [1.54, 1.807) is 0 Å². The van der Waals surface area contributed by atoms with Gasteiger partial charge in [-0.2, -0.15) is 0 Å². The number of hydrogen-bond donors (Lipinski definition) is 1. The maximum Gasteiger partial charge on any atom is 0.232 e. The molecule has 1 rings (SSSR count). The summed E-state index contributed by atoms with van der Waals surface area (Å²) in [7, 11) is 0. The Morgan fingerprint density at radius 1 is 1.60 bits per heavy atom. The summed E-state index contributed by atoms with van der Waals surface area (Å²) in [5, 5.41) is 7.50. The van der Waals surface area contributed by atoms with E-state index in [2.05, 4.69) is 10.2 Å². The fourth-order valence-corrected chi connectivity index (χ4v) is 0.593. The molecule has 1 heterocycles. The summed E-state index contributed by atoms with van der Waals surface area (Å²) in [6, 6.07) is -0.159. The van der Waals surface area contributed by atoms with Gasteiger partial charge in [0.1, 0.15) is 0 Å². The second-order valence-corrected chi connectivity index (χ2v) is 2.18. The molecule has 0 saturated carbocycles. The second-order valence-electron chi connectivity index (χ2n) is 2.18. The molecule has 2 N–H and O–H groups in total. The molecular weight excluding hydrogens is 130 g/mol. The predicted octanol–water partition coefficient (Wildman–Crippen LogP) is 0.652. The van der Waals surface area contributed by atoms with Crippen LogP contribution in [0.4, 0.5) is 0 Å². The van der Waals surface area contributed by atoms with E-state index in [4.69, 9.17) is 10.2 Å². The van der Waals surface area contributed by atoms with Crippen LogP contribution in [0.1, 0.15) is 31.7 Å². The zero-order valence-corrected chi connectivity index (χ0v) is 6.16. The molecule has 4 heteroatoms. The van der Waals surface area contributed by atoms with Crippen molar-refractivity contribution in [2.75, 3.05) is 0 Å². The van der Waals surface area contributed by atoms with Crippen molar-refractivity contribution >= 4 is 0 Å². The molecule has 0 spiro atoms. The maximum atomic E-state index is 5.49. The van der Waals surface area contributed by atoms with Crippen molar-refractivity contribution in [2.45, 2.75) is 26.3 Å². The van der Waals surface area contributed by atoms with Crippen molar-refractivity contribution < 1.29 is 4.42 Å². The average Bonchev–Trinajstić information content (AvgIpc) is 2.34. The van der Waals surface area contributed by atoms with E-state index in [-0.39, 0.29) is 6.04 Å². The molecule has 0 aliphatic rings. The minimum atomic E-state index is -0.159. The Balaban J connectivity index is 2.78. The molecule has 0 amide bonds. The van der Waals surface area contributed by atoms with Crippen LogP contribution in [-0.2, 0) is 6.42 Å². The lowest BCUT2D eigenvalue weighted by Gasteiger charge is -1.93. The van der Waals surface area contributed by atoms with Crippen molar-refractivity contribution in [2.24, 2.45) is 5.73 Å². The van der Waals surface area contributed by atoms with Gasteiger partial charge in [-0.1, -0.05) is 6.92 Å². The first kappa shape index (κ1) is 7.21. The van der Waals surface area contributed by atoms with Gasteiger partial charge in [0.2, 0.25) is 11.8 Å². The molecule has 0 unspecified atom stereocenters. The van der Waals surface area contributed by atoms with E-state index < -0.39 is 0 Å².